The van der Waals surface area contributed by atoms with Gasteiger partial charge < -0.3 is 15.6 Å². The number of carboxylic acid groups (broad SMARTS) is 1. The van der Waals surface area contributed by atoms with Crippen LogP contribution in [0.3, 0.4) is 0 Å². The number of carbonyl (C=O) groups is 1. The summed E-state index contributed by atoms with van der Waals surface area (Å²) in [5.41, 5.74) is 6.54. The van der Waals surface area contributed by atoms with Gasteiger partial charge in [-0.05, 0) is 24.6 Å². The first kappa shape index (κ1) is 13.9. The summed E-state index contributed by atoms with van der Waals surface area (Å²) in [5.74, 6) is 1.07. The van der Waals surface area contributed by atoms with Crippen LogP contribution in [0, 0.1) is 0 Å². The van der Waals surface area contributed by atoms with Gasteiger partial charge in [-0.3, -0.25) is 4.79 Å². The van der Waals surface area contributed by atoms with Crippen molar-refractivity contribution in [2.24, 2.45) is 5.73 Å². The molecule has 0 aliphatic rings. The summed E-state index contributed by atoms with van der Waals surface area (Å²) in [6, 6.07) is 6.99. The maximum absolute atomic E-state index is 10.5. The molecule has 0 spiro atoms. The van der Waals surface area contributed by atoms with Crippen molar-refractivity contribution in [3.63, 3.8) is 0 Å². The number of aliphatic carboxylic acids is 1. The summed E-state index contributed by atoms with van der Waals surface area (Å²) in [6.07, 6.45) is 0. The van der Waals surface area contributed by atoms with E-state index in [0.717, 1.165) is 17.1 Å². The molecule has 3 N–H and O–H groups in total. The first-order valence-corrected chi connectivity index (χ1v) is 6.56. The molecule has 4 nitrogen and oxygen atoms in total. The number of rotatable bonds is 7. The molecule has 0 heterocycles. The first-order valence-electron chi connectivity index (χ1n) is 5.41. The molecule has 1 atom stereocenters. The number of benzene rings is 1. The molecule has 0 radical (unpaired) electrons. The largest absolute Gasteiger partial charge is 0.494 e. The highest BCUT2D eigenvalue weighted by Crippen LogP contribution is 2.17. The lowest BCUT2D eigenvalue weighted by atomic mass is 10.2. The van der Waals surface area contributed by atoms with Crippen LogP contribution in [0.4, 0.5) is 0 Å². The van der Waals surface area contributed by atoms with Crippen LogP contribution in [0.1, 0.15) is 12.5 Å². The Balaban J connectivity index is 2.34. The topological polar surface area (TPSA) is 72.5 Å². The molecule has 1 aromatic carbocycles. The number of nitrogens with two attached hydrogens (primary N) is 1. The van der Waals surface area contributed by atoms with Crippen LogP contribution in [0.2, 0.25) is 0 Å². The van der Waals surface area contributed by atoms with E-state index in [4.69, 9.17) is 15.6 Å². The quantitative estimate of drug-likeness (QED) is 0.776. The average Bonchev–Trinajstić information content (AvgIpc) is 2.31. The van der Waals surface area contributed by atoms with E-state index < -0.39 is 12.0 Å². The van der Waals surface area contributed by atoms with E-state index >= 15 is 0 Å². The highest BCUT2D eigenvalue weighted by molar-refractivity contribution is 7.98. The molecule has 0 bridgehead atoms. The zero-order valence-electron chi connectivity index (χ0n) is 9.76. The second-order valence-electron chi connectivity index (χ2n) is 3.54. The molecular weight excluding hydrogens is 238 g/mol. The first-order chi connectivity index (χ1) is 8.13. The second-order valence-corrected chi connectivity index (χ2v) is 4.57. The summed E-state index contributed by atoms with van der Waals surface area (Å²) in [5, 5.41) is 8.62. The molecule has 94 valence electrons. The highest BCUT2D eigenvalue weighted by Gasteiger charge is 2.10. The Bertz CT molecular complexity index is 353. The molecule has 0 saturated heterocycles. The predicted molar refractivity (Wildman–Crippen MR) is 69.4 cm³/mol. The fraction of sp³-hybridized carbons (Fsp3) is 0.417. The average molecular weight is 255 g/mol. The van der Waals surface area contributed by atoms with Crippen molar-refractivity contribution < 1.29 is 14.6 Å². The lowest BCUT2D eigenvalue weighted by Gasteiger charge is -2.07. The number of thioether (sulfide) groups is 1. The minimum atomic E-state index is -0.954. The van der Waals surface area contributed by atoms with Crippen molar-refractivity contribution in [3.8, 4) is 5.75 Å². The molecule has 17 heavy (non-hydrogen) atoms. The van der Waals surface area contributed by atoms with Crippen LogP contribution >= 0.6 is 11.8 Å². The number of ether oxygens (including phenoxy) is 1. The van der Waals surface area contributed by atoms with E-state index in [1.165, 1.54) is 11.8 Å². The molecule has 0 aliphatic carbocycles. The summed E-state index contributed by atoms with van der Waals surface area (Å²) in [4.78, 5) is 10.5. The van der Waals surface area contributed by atoms with Crippen molar-refractivity contribution in [3.05, 3.63) is 29.8 Å². The monoisotopic (exact) mass is 255 g/mol. The van der Waals surface area contributed by atoms with Gasteiger partial charge in [-0.1, -0.05) is 12.1 Å². The van der Waals surface area contributed by atoms with Crippen LogP contribution in [0.25, 0.3) is 0 Å². The fourth-order valence-electron chi connectivity index (χ4n) is 1.22. The third kappa shape index (κ3) is 5.10. The van der Waals surface area contributed by atoms with Gasteiger partial charge in [0.2, 0.25) is 0 Å². The van der Waals surface area contributed by atoms with E-state index in [2.05, 4.69) is 0 Å². The Hall–Kier alpha value is -1.20. The van der Waals surface area contributed by atoms with Crippen molar-refractivity contribution >= 4 is 17.7 Å². The van der Waals surface area contributed by atoms with E-state index in [1.807, 2.05) is 31.2 Å². The Morgan fingerprint density at radius 3 is 2.65 bits per heavy atom. The van der Waals surface area contributed by atoms with Gasteiger partial charge >= 0.3 is 5.97 Å². The lowest BCUT2D eigenvalue weighted by molar-refractivity contribution is -0.137. The molecule has 0 aromatic heterocycles. The summed E-state index contributed by atoms with van der Waals surface area (Å²) >= 11 is 1.52. The third-order valence-corrected chi connectivity index (χ3v) is 3.25. The normalized spacial score (nSPS) is 12.1. The van der Waals surface area contributed by atoms with Gasteiger partial charge in [-0.25, -0.2) is 0 Å². The Labute approximate surface area is 105 Å². The Morgan fingerprint density at radius 2 is 2.12 bits per heavy atom. The van der Waals surface area contributed by atoms with Gasteiger partial charge in [0.05, 0.1) is 6.61 Å². The van der Waals surface area contributed by atoms with E-state index in [1.54, 1.807) is 0 Å². The van der Waals surface area contributed by atoms with Gasteiger partial charge in [0.1, 0.15) is 11.8 Å². The number of hydrogen-bond acceptors (Lipinski definition) is 4. The molecule has 0 unspecified atom stereocenters. The smallest absolute Gasteiger partial charge is 0.321 e. The molecule has 1 aromatic rings. The minimum absolute atomic E-state index is 0.419. The lowest BCUT2D eigenvalue weighted by Crippen LogP contribution is -2.32. The molecule has 0 amide bonds. The van der Waals surface area contributed by atoms with Crippen molar-refractivity contribution in [2.45, 2.75) is 18.7 Å². The maximum Gasteiger partial charge on any atom is 0.321 e. The van der Waals surface area contributed by atoms with Gasteiger partial charge in [-0.2, -0.15) is 11.8 Å². The van der Waals surface area contributed by atoms with Gasteiger partial charge in [0.15, 0.2) is 0 Å². The van der Waals surface area contributed by atoms with E-state index in [0.29, 0.717) is 12.4 Å². The molecule has 1 rings (SSSR count). The van der Waals surface area contributed by atoms with E-state index in [-0.39, 0.29) is 0 Å². The van der Waals surface area contributed by atoms with Crippen LogP contribution < -0.4 is 10.5 Å². The molecule has 5 heteroatoms. The Kier molecular flexibility index (Phi) is 5.86. The number of carboxylic acids is 1. The molecular formula is C12H17NO3S. The standard InChI is InChI=1S/C12H17NO3S/c1-2-16-10-5-3-9(4-6-10)7-17-8-11(13)12(14)15/h3-6,11H,2,7-8,13H2,1H3,(H,14,15)/t11-/m0/s1. The third-order valence-electron chi connectivity index (χ3n) is 2.12. The summed E-state index contributed by atoms with van der Waals surface area (Å²) < 4.78 is 5.33. The summed E-state index contributed by atoms with van der Waals surface area (Å²) in [7, 11) is 0. The zero-order chi connectivity index (χ0) is 12.7. The van der Waals surface area contributed by atoms with Crippen LogP contribution in [0.15, 0.2) is 24.3 Å². The predicted octanol–water partition coefficient (Wildman–Crippen LogP) is 1.73. The van der Waals surface area contributed by atoms with Crippen molar-refractivity contribution in [2.75, 3.05) is 12.4 Å². The fourth-order valence-corrected chi connectivity index (χ4v) is 2.17. The van der Waals surface area contributed by atoms with Gasteiger partial charge in [0, 0.05) is 11.5 Å². The van der Waals surface area contributed by atoms with Crippen LogP contribution in [-0.4, -0.2) is 29.5 Å². The van der Waals surface area contributed by atoms with Crippen molar-refractivity contribution in [1.82, 2.24) is 0 Å². The van der Waals surface area contributed by atoms with Crippen LogP contribution in [0.5, 0.6) is 5.75 Å². The molecule has 0 aliphatic heterocycles. The number of hydrogen-bond donors (Lipinski definition) is 2. The summed E-state index contributed by atoms with van der Waals surface area (Å²) in [6.45, 7) is 2.60. The van der Waals surface area contributed by atoms with E-state index in [9.17, 15) is 4.79 Å². The zero-order valence-corrected chi connectivity index (χ0v) is 10.6. The molecule has 0 saturated carbocycles. The maximum atomic E-state index is 10.5. The second kappa shape index (κ2) is 7.19. The Morgan fingerprint density at radius 1 is 1.47 bits per heavy atom. The molecule has 0 fully saturated rings. The van der Waals surface area contributed by atoms with Crippen molar-refractivity contribution in [1.29, 1.82) is 0 Å². The minimum Gasteiger partial charge on any atom is -0.494 e. The van der Waals surface area contributed by atoms with Gasteiger partial charge in [0.25, 0.3) is 0 Å². The van der Waals surface area contributed by atoms with Crippen LogP contribution in [-0.2, 0) is 10.5 Å². The SMILES string of the molecule is CCOc1ccc(CSC[C@H](N)C(=O)O)cc1. The van der Waals surface area contributed by atoms with Gasteiger partial charge in [-0.15, -0.1) is 0 Å². The highest BCUT2D eigenvalue weighted by atomic mass is 32.2.